The molecule has 0 aliphatic heterocycles. The van der Waals surface area contributed by atoms with Gasteiger partial charge in [-0.3, -0.25) is 0 Å². The largest absolute Gasteiger partial charge is 0.388 e. The van der Waals surface area contributed by atoms with E-state index in [1.807, 2.05) is 0 Å². The predicted octanol–water partition coefficient (Wildman–Crippen LogP) is 3.57. The lowest BCUT2D eigenvalue weighted by Crippen LogP contribution is -2.29. The van der Waals surface area contributed by atoms with Gasteiger partial charge in [0.25, 0.3) is 0 Å². The summed E-state index contributed by atoms with van der Waals surface area (Å²) in [4.78, 5) is 0. The molecule has 0 heterocycles. The topological polar surface area (TPSA) is 12.0 Å². The molecule has 0 aromatic heterocycles. The van der Waals surface area contributed by atoms with Crippen LogP contribution < -0.4 is 5.32 Å². The number of allylic oxidation sites excluding steroid dienone is 1. The highest BCUT2D eigenvalue weighted by atomic mass is 14.9. The fraction of sp³-hybridized carbons (Fsp3) is 0.833. The summed E-state index contributed by atoms with van der Waals surface area (Å²) in [5.74, 6) is 0.539. The molecule has 1 nitrogen and oxygen atoms in total. The number of nitrogens with one attached hydrogen (secondary N) is 1. The predicted molar refractivity (Wildman–Crippen MR) is 60.7 cm³/mol. The lowest BCUT2D eigenvalue weighted by molar-refractivity contribution is 0.318. The second kappa shape index (κ2) is 5.31. The second-order valence-corrected chi connectivity index (χ2v) is 4.95. The standard InChI is InChI=1S/C12H25N/c1-7-8-12(5,6)9-13-11(4)10(2)3/h10,13H,4,7-9H2,1-3,5-6H3. The Hall–Kier alpha value is -0.460. The van der Waals surface area contributed by atoms with Gasteiger partial charge >= 0.3 is 0 Å². The highest BCUT2D eigenvalue weighted by Gasteiger charge is 2.16. The van der Waals surface area contributed by atoms with Crippen molar-refractivity contribution < 1.29 is 0 Å². The lowest BCUT2D eigenvalue weighted by atomic mass is 9.88. The molecular formula is C12H25N. The Kier molecular flexibility index (Phi) is 5.12. The first-order chi connectivity index (χ1) is 5.89. The van der Waals surface area contributed by atoms with Crippen LogP contribution >= 0.6 is 0 Å². The van der Waals surface area contributed by atoms with Crippen molar-refractivity contribution in [1.82, 2.24) is 5.32 Å². The fourth-order valence-corrected chi connectivity index (χ4v) is 1.32. The van der Waals surface area contributed by atoms with E-state index in [2.05, 4.69) is 46.5 Å². The Morgan fingerprint density at radius 2 is 1.92 bits per heavy atom. The molecule has 1 N–H and O–H groups in total. The molecule has 0 aliphatic rings. The molecule has 0 unspecified atom stereocenters. The summed E-state index contributed by atoms with van der Waals surface area (Å²) in [7, 11) is 0. The summed E-state index contributed by atoms with van der Waals surface area (Å²) >= 11 is 0. The zero-order valence-electron chi connectivity index (χ0n) is 9.91. The fourth-order valence-electron chi connectivity index (χ4n) is 1.32. The number of hydrogen-bond donors (Lipinski definition) is 1. The lowest BCUT2D eigenvalue weighted by Gasteiger charge is -2.26. The maximum absolute atomic E-state index is 4.01. The minimum absolute atomic E-state index is 0.395. The third kappa shape index (κ3) is 5.73. The van der Waals surface area contributed by atoms with Gasteiger partial charge in [0.05, 0.1) is 0 Å². The van der Waals surface area contributed by atoms with Gasteiger partial charge in [0.2, 0.25) is 0 Å². The molecule has 0 atom stereocenters. The molecule has 0 fully saturated rings. The van der Waals surface area contributed by atoms with E-state index in [0.29, 0.717) is 11.3 Å². The molecule has 1 heteroatoms. The van der Waals surface area contributed by atoms with E-state index < -0.39 is 0 Å². The van der Waals surface area contributed by atoms with Crippen LogP contribution in [0.25, 0.3) is 0 Å². The summed E-state index contributed by atoms with van der Waals surface area (Å²) in [6.45, 7) is 16.2. The van der Waals surface area contributed by atoms with E-state index in [1.165, 1.54) is 12.8 Å². The van der Waals surface area contributed by atoms with Crippen LogP contribution in [0.5, 0.6) is 0 Å². The van der Waals surface area contributed by atoms with E-state index in [4.69, 9.17) is 0 Å². The monoisotopic (exact) mass is 183 g/mol. The van der Waals surface area contributed by atoms with Gasteiger partial charge in [-0.2, -0.15) is 0 Å². The highest BCUT2D eigenvalue weighted by molar-refractivity contribution is 4.95. The SMILES string of the molecule is C=C(NCC(C)(C)CCC)C(C)C. The highest BCUT2D eigenvalue weighted by Crippen LogP contribution is 2.21. The summed E-state index contributed by atoms with van der Waals surface area (Å²) in [6, 6.07) is 0. The van der Waals surface area contributed by atoms with Crippen molar-refractivity contribution in [2.75, 3.05) is 6.54 Å². The third-order valence-electron chi connectivity index (χ3n) is 2.42. The maximum atomic E-state index is 4.01. The average Bonchev–Trinajstić information content (AvgIpc) is 2.00. The molecule has 0 aromatic carbocycles. The van der Waals surface area contributed by atoms with Gasteiger partial charge in [0.1, 0.15) is 0 Å². The molecule has 0 saturated heterocycles. The van der Waals surface area contributed by atoms with Crippen LogP contribution in [0, 0.1) is 11.3 Å². The first-order valence-electron chi connectivity index (χ1n) is 5.31. The van der Waals surface area contributed by atoms with Crippen LogP contribution in [-0.2, 0) is 0 Å². The molecule has 0 bridgehead atoms. The summed E-state index contributed by atoms with van der Waals surface area (Å²) in [6.07, 6.45) is 2.52. The zero-order chi connectivity index (χ0) is 10.5. The van der Waals surface area contributed by atoms with Crippen molar-refractivity contribution >= 4 is 0 Å². The van der Waals surface area contributed by atoms with Crippen molar-refractivity contribution in [3.63, 3.8) is 0 Å². The van der Waals surface area contributed by atoms with Crippen molar-refractivity contribution in [3.05, 3.63) is 12.3 Å². The van der Waals surface area contributed by atoms with Gasteiger partial charge in [-0.1, -0.05) is 47.6 Å². The van der Waals surface area contributed by atoms with Crippen molar-refractivity contribution in [1.29, 1.82) is 0 Å². The number of rotatable bonds is 6. The van der Waals surface area contributed by atoms with Gasteiger partial charge in [-0.25, -0.2) is 0 Å². The quantitative estimate of drug-likeness (QED) is 0.664. The molecule has 0 aliphatic carbocycles. The Labute approximate surface area is 83.6 Å². The van der Waals surface area contributed by atoms with E-state index in [9.17, 15) is 0 Å². The minimum Gasteiger partial charge on any atom is -0.388 e. The van der Waals surface area contributed by atoms with Gasteiger partial charge in [0.15, 0.2) is 0 Å². The maximum Gasteiger partial charge on any atom is 0.0195 e. The van der Waals surface area contributed by atoms with Crippen LogP contribution in [0.1, 0.15) is 47.5 Å². The van der Waals surface area contributed by atoms with Crippen LogP contribution in [0.15, 0.2) is 12.3 Å². The second-order valence-electron chi connectivity index (χ2n) is 4.95. The summed E-state index contributed by atoms with van der Waals surface area (Å²) in [5.41, 5.74) is 1.55. The Morgan fingerprint density at radius 1 is 1.38 bits per heavy atom. The van der Waals surface area contributed by atoms with Gasteiger partial charge < -0.3 is 5.32 Å². The zero-order valence-corrected chi connectivity index (χ0v) is 9.91. The Morgan fingerprint density at radius 3 is 2.31 bits per heavy atom. The Bertz CT molecular complexity index is 157. The molecule has 0 spiro atoms. The van der Waals surface area contributed by atoms with E-state index in [1.54, 1.807) is 0 Å². The van der Waals surface area contributed by atoms with Gasteiger partial charge in [-0.15, -0.1) is 0 Å². The molecular weight excluding hydrogens is 158 g/mol. The van der Waals surface area contributed by atoms with Crippen LogP contribution in [-0.4, -0.2) is 6.54 Å². The van der Waals surface area contributed by atoms with Gasteiger partial charge in [-0.05, 0) is 17.8 Å². The van der Waals surface area contributed by atoms with E-state index in [-0.39, 0.29) is 0 Å². The van der Waals surface area contributed by atoms with Crippen LogP contribution in [0.3, 0.4) is 0 Å². The van der Waals surface area contributed by atoms with Crippen molar-refractivity contribution in [3.8, 4) is 0 Å². The van der Waals surface area contributed by atoms with Crippen molar-refractivity contribution in [2.45, 2.75) is 47.5 Å². The molecule has 78 valence electrons. The third-order valence-corrected chi connectivity index (χ3v) is 2.42. The summed E-state index contributed by atoms with van der Waals surface area (Å²) < 4.78 is 0. The molecule has 0 rings (SSSR count). The normalized spacial score (nSPS) is 11.8. The summed E-state index contributed by atoms with van der Waals surface area (Å²) in [5, 5.41) is 3.41. The first kappa shape index (κ1) is 12.5. The van der Waals surface area contributed by atoms with Crippen LogP contribution in [0.2, 0.25) is 0 Å². The molecule has 13 heavy (non-hydrogen) atoms. The molecule has 0 aromatic rings. The molecule has 0 saturated carbocycles. The van der Waals surface area contributed by atoms with Crippen molar-refractivity contribution in [2.24, 2.45) is 11.3 Å². The molecule has 0 amide bonds. The smallest absolute Gasteiger partial charge is 0.0195 e. The van der Waals surface area contributed by atoms with E-state index >= 15 is 0 Å². The average molecular weight is 183 g/mol. The Balaban J connectivity index is 3.80. The minimum atomic E-state index is 0.395. The van der Waals surface area contributed by atoms with Crippen LogP contribution in [0.4, 0.5) is 0 Å². The van der Waals surface area contributed by atoms with Gasteiger partial charge in [0, 0.05) is 12.2 Å². The molecule has 0 radical (unpaired) electrons. The first-order valence-corrected chi connectivity index (χ1v) is 5.31. The number of hydrogen-bond acceptors (Lipinski definition) is 1. The van der Waals surface area contributed by atoms with E-state index in [0.717, 1.165) is 12.2 Å².